The molecule has 0 saturated heterocycles. The molecule has 8 heteroatoms. The molecule has 162 valence electrons. The summed E-state index contributed by atoms with van der Waals surface area (Å²) >= 11 is 0. The smallest absolute Gasteiger partial charge is 0.352 e. The largest absolute Gasteiger partial charge is 0.385 e. The molecule has 0 aliphatic heterocycles. The third-order valence-electron chi connectivity index (χ3n) is 5.00. The summed E-state index contributed by atoms with van der Waals surface area (Å²) in [5.41, 5.74) is 1.63. The van der Waals surface area contributed by atoms with Crippen LogP contribution in [0.25, 0.3) is 5.69 Å². The van der Waals surface area contributed by atoms with Crippen LogP contribution in [0.15, 0.2) is 58.1 Å². The maximum absolute atomic E-state index is 13.2. The van der Waals surface area contributed by atoms with Crippen LogP contribution in [0.4, 0.5) is 0 Å². The van der Waals surface area contributed by atoms with Crippen molar-refractivity contribution in [3.05, 3.63) is 91.8 Å². The Morgan fingerprint density at radius 2 is 1.81 bits per heavy atom. The zero-order valence-corrected chi connectivity index (χ0v) is 17.9. The van der Waals surface area contributed by atoms with E-state index < -0.39 is 17.2 Å². The number of hydrogen-bond acceptors (Lipinski definition) is 5. The van der Waals surface area contributed by atoms with Gasteiger partial charge in [-0.1, -0.05) is 36.4 Å². The molecule has 3 aromatic rings. The van der Waals surface area contributed by atoms with E-state index >= 15 is 0 Å². The summed E-state index contributed by atoms with van der Waals surface area (Å²) in [6, 6.07) is 14.6. The highest BCUT2D eigenvalue weighted by atomic mass is 16.5. The number of carbonyl (C=O) groups excluding carboxylic acids is 1. The maximum atomic E-state index is 13.2. The summed E-state index contributed by atoms with van der Waals surface area (Å²) in [7, 11) is 1.57. The number of hydrogen-bond donors (Lipinski definition) is 1. The van der Waals surface area contributed by atoms with Crippen LogP contribution in [0.5, 0.6) is 0 Å². The van der Waals surface area contributed by atoms with Crippen LogP contribution < -0.4 is 16.6 Å². The average molecular weight is 422 g/mol. The van der Waals surface area contributed by atoms with Gasteiger partial charge in [-0.3, -0.25) is 14.2 Å². The minimum absolute atomic E-state index is 0.0375. The van der Waals surface area contributed by atoms with Gasteiger partial charge in [-0.25, -0.2) is 4.79 Å². The van der Waals surface area contributed by atoms with Crippen molar-refractivity contribution in [1.29, 1.82) is 0 Å². The first-order valence-electron chi connectivity index (χ1n) is 10.0. The summed E-state index contributed by atoms with van der Waals surface area (Å²) in [6.45, 7) is 4.73. The van der Waals surface area contributed by atoms with Gasteiger partial charge >= 0.3 is 5.69 Å². The number of rotatable bonds is 8. The van der Waals surface area contributed by atoms with Crippen LogP contribution in [0.3, 0.4) is 0 Å². The molecule has 0 saturated carbocycles. The lowest BCUT2D eigenvalue weighted by Crippen LogP contribution is -2.46. The Labute approximate surface area is 180 Å². The van der Waals surface area contributed by atoms with Gasteiger partial charge in [0.25, 0.3) is 11.5 Å². The molecule has 0 atom stereocenters. The molecule has 31 heavy (non-hydrogen) atoms. The Bertz CT molecular complexity index is 1180. The van der Waals surface area contributed by atoms with E-state index in [1.54, 1.807) is 19.2 Å². The highest BCUT2D eigenvalue weighted by Crippen LogP contribution is 2.12. The number of aryl methyl sites for hydroxylation is 2. The van der Waals surface area contributed by atoms with Crippen molar-refractivity contribution < 1.29 is 9.53 Å². The fraction of sp³-hybridized carbons (Fsp3) is 0.304. The Hall–Kier alpha value is -3.52. The number of nitrogens with zero attached hydrogens (tertiary/aromatic N) is 3. The third kappa shape index (κ3) is 5.16. The van der Waals surface area contributed by atoms with Gasteiger partial charge in [0.15, 0.2) is 0 Å². The number of ether oxygens (including phenoxy) is 1. The molecule has 1 amide bonds. The van der Waals surface area contributed by atoms with Crippen molar-refractivity contribution in [3.8, 4) is 5.69 Å². The van der Waals surface area contributed by atoms with Crippen molar-refractivity contribution in [2.24, 2.45) is 0 Å². The van der Waals surface area contributed by atoms with Crippen molar-refractivity contribution in [2.75, 3.05) is 20.3 Å². The van der Waals surface area contributed by atoms with E-state index in [9.17, 15) is 14.4 Å². The van der Waals surface area contributed by atoms with E-state index in [1.165, 1.54) is 0 Å². The summed E-state index contributed by atoms with van der Waals surface area (Å²) in [5.74, 6) is -0.625. The highest BCUT2D eigenvalue weighted by Gasteiger charge is 2.20. The first-order chi connectivity index (χ1) is 14.9. The Morgan fingerprint density at radius 1 is 1.06 bits per heavy atom. The minimum atomic E-state index is -0.724. The third-order valence-corrected chi connectivity index (χ3v) is 5.00. The Balaban J connectivity index is 2.10. The van der Waals surface area contributed by atoms with E-state index in [4.69, 9.17) is 4.74 Å². The zero-order chi connectivity index (χ0) is 22.4. The number of carbonyl (C=O) groups is 1. The van der Waals surface area contributed by atoms with E-state index in [0.717, 1.165) is 25.9 Å². The number of amides is 1. The van der Waals surface area contributed by atoms with Crippen molar-refractivity contribution in [1.82, 2.24) is 19.7 Å². The fourth-order valence-electron chi connectivity index (χ4n) is 3.09. The van der Waals surface area contributed by atoms with Crippen LogP contribution in [-0.2, 0) is 11.3 Å². The molecular formula is C23H26N4O4. The second kappa shape index (κ2) is 9.99. The van der Waals surface area contributed by atoms with Gasteiger partial charge in [0.2, 0.25) is 5.69 Å². The number of nitrogens with one attached hydrogen (secondary N) is 1. The lowest BCUT2D eigenvalue weighted by molar-refractivity contribution is 0.0938. The van der Waals surface area contributed by atoms with Crippen molar-refractivity contribution >= 4 is 5.91 Å². The minimum Gasteiger partial charge on any atom is -0.385 e. The molecule has 2 aromatic carbocycles. The zero-order valence-electron chi connectivity index (χ0n) is 17.9. The first-order valence-corrected chi connectivity index (χ1v) is 10.0. The molecule has 3 rings (SSSR count). The maximum Gasteiger partial charge on any atom is 0.352 e. The standard InChI is InChI=1S/C23H26N4O4/c1-16-10-11-19(14-17(16)2)27-23(30)26(15-18-8-5-4-6-9-18)22(29)20(25-27)21(28)24-12-7-13-31-3/h4-6,8-11,14H,7,12-13,15H2,1-3H3,(H,24,28). The molecular weight excluding hydrogens is 396 g/mol. The molecule has 0 aliphatic carbocycles. The van der Waals surface area contributed by atoms with E-state index in [0.29, 0.717) is 25.3 Å². The molecule has 0 radical (unpaired) electrons. The number of methoxy groups -OCH3 is 1. The van der Waals surface area contributed by atoms with Crippen LogP contribution >= 0.6 is 0 Å². The van der Waals surface area contributed by atoms with Crippen LogP contribution in [0, 0.1) is 13.8 Å². The van der Waals surface area contributed by atoms with Crippen LogP contribution in [0.1, 0.15) is 33.6 Å². The SMILES string of the molecule is COCCCNC(=O)c1nn(-c2ccc(C)c(C)c2)c(=O)n(Cc2ccccc2)c1=O. The Morgan fingerprint density at radius 3 is 2.48 bits per heavy atom. The highest BCUT2D eigenvalue weighted by molar-refractivity contribution is 5.91. The molecule has 0 spiro atoms. The van der Waals surface area contributed by atoms with Crippen LogP contribution in [-0.4, -0.2) is 40.5 Å². The predicted octanol–water partition coefficient (Wildman–Crippen LogP) is 1.83. The second-order valence-corrected chi connectivity index (χ2v) is 7.29. The molecule has 1 N–H and O–H groups in total. The monoisotopic (exact) mass is 422 g/mol. The lowest BCUT2D eigenvalue weighted by Gasteiger charge is -2.13. The van der Waals surface area contributed by atoms with E-state index in [1.807, 2.05) is 50.2 Å². The molecule has 1 heterocycles. The second-order valence-electron chi connectivity index (χ2n) is 7.29. The summed E-state index contributed by atoms with van der Waals surface area (Å²) in [6.07, 6.45) is 0.594. The van der Waals surface area contributed by atoms with Crippen LogP contribution in [0.2, 0.25) is 0 Å². The average Bonchev–Trinajstić information content (AvgIpc) is 2.77. The fourth-order valence-corrected chi connectivity index (χ4v) is 3.09. The first kappa shape index (κ1) is 22.2. The number of aromatic nitrogens is 3. The lowest BCUT2D eigenvalue weighted by atomic mass is 10.1. The normalized spacial score (nSPS) is 10.8. The summed E-state index contributed by atoms with van der Waals surface area (Å²) < 4.78 is 7.13. The molecule has 1 aromatic heterocycles. The predicted molar refractivity (Wildman–Crippen MR) is 118 cm³/mol. The van der Waals surface area contributed by atoms with Gasteiger partial charge in [-0.05, 0) is 49.1 Å². The summed E-state index contributed by atoms with van der Waals surface area (Å²) in [5, 5.41) is 6.82. The number of benzene rings is 2. The molecule has 0 aliphatic rings. The van der Waals surface area contributed by atoms with E-state index in [-0.39, 0.29) is 12.2 Å². The van der Waals surface area contributed by atoms with Gasteiger partial charge in [-0.2, -0.15) is 9.78 Å². The molecule has 0 bridgehead atoms. The topological polar surface area (TPSA) is 95.2 Å². The van der Waals surface area contributed by atoms with Gasteiger partial charge in [0.05, 0.1) is 12.2 Å². The van der Waals surface area contributed by atoms with Crippen molar-refractivity contribution in [3.63, 3.8) is 0 Å². The Kier molecular flexibility index (Phi) is 7.15. The van der Waals surface area contributed by atoms with Gasteiger partial charge in [-0.15, -0.1) is 0 Å². The van der Waals surface area contributed by atoms with Crippen molar-refractivity contribution in [2.45, 2.75) is 26.8 Å². The van der Waals surface area contributed by atoms with E-state index in [2.05, 4.69) is 10.4 Å². The van der Waals surface area contributed by atoms with Gasteiger partial charge in [0.1, 0.15) is 0 Å². The molecule has 0 unspecified atom stereocenters. The van der Waals surface area contributed by atoms with Gasteiger partial charge in [0, 0.05) is 20.3 Å². The quantitative estimate of drug-likeness (QED) is 0.559. The summed E-state index contributed by atoms with van der Waals surface area (Å²) in [4.78, 5) is 38.9. The molecule has 8 nitrogen and oxygen atoms in total. The van der Waals surface area contributed by atoms with Gasteiger partial charge < -0.3 is 10.1 Å². The molecule has 0 fully saturated rings.